The Kier molecular flexibility index (Phi) is 5.93. The molecule has 1 amide bonds. The SMILES string of the molecule is CCCCCN(C(C)=O)C(C#N)c1ccccc1. The van der Waals surface area contributed by atoms with Crippen molar-refractivity contribution >= 4 is 5.91 Å². The second kappa shape index (κ2) is 7.50. The first-order valence-corrected chi connectivity index (χ1v) is 6.42. The van der Waals surface area contributed by atoms with Gasteiger partial charge in [-0.3, -0.25) is 4.79 Å². The van der Waals surface area contributed by atoms with Crippen LogP contribution in [0.5, 0.6) is 0 Å². The van der Waals surface area contributed by atoms with Crippen molar-refractivity contribution in [3.8, 4) is 6.07 Å². The molecule has 1 aromatic carbocycles. The van der Waals surface area contributed by atoms with E-state index in [0.717, 1.165) is 24.8 Å². The van der Waals surface area contributed by atoms with E-state index in [-0.39, 0.29) is 5.91 Å². The highest BCUT2D eigenvalue weighted by Crippen LogP contribution is 2.20. The van der Waals surface area contributed by atoms with Crippen molar-refractivity contribution in [1.82, 2.24) is 4.90 Å². The minimum atomic E-state index is -0.472. The van der Waals surface area contributed by atoms with Gasteiger partial charge in [0.2, 0.25) is 5.91 Å². The van der Waals surface area contributed by atoms with Crippen LogP contribution in [0.3, 0.4) is 0 Å². The summed E-state index contributed by atoms with van der Waals surface area (Å²) in [7, 11) is 0. The molecule has 18 heavy (non-hydrogen) atoms. The molecule has 0 saturated heterocycles. The van der Waals surface area contributed by atoms with Crippen molar-refractivity contribution in [2.45, 2.75) is 39.2 Å². The standard InChI is InChI=1S/C15H20N2O/c1-3-4-8-11-17(13(2)18)15(12-16)14-9-6-5-7-10-14/h5-7,9-10,15H,3-4,8,11H2,1-2H3. The molecule has 96 valence electrons. The van der Waals surface area contributed by atoms with Gasteiger partial charge in [-0.1, -0.05) is 50.1 Å². The highest BCUT2D eigenvalue weighted by Gasteiger charge is 2.21. The van der Waals surface area contributed by atoms with Crippen molar-refractivity contribution in [2.75, 3.05) is 6.54 Å². The first kappa shape index (κ1) is 14.2. The zero-order valence-corrected chi connectivity index (χ0v) is 11.1. The Morgan fingerprint density at radius 2 is 2.00 bits per heavy atom. The van der Waals surface area contributed by atoms with Crippen molar-refractivity contribution in [1.29, 1.82) is 5.26 Å². The largest absolute Gasteiger partial charge is 0.323 e. The maximum Gasteiger partial charge on any atom is 0.220 e. The molecular formula is C15H20N2O. The first-order chi connectivity index (χ1) is 8.70. The van der Waals surface area contributed by atoms with Crippen LogP contribution in [0.2, 0.25) is 0 Å². The van der Waals surface area contributed by atoms with Crippen LogP contribution in [-0.4, -0.2) is 17.4 Å². The molecule has 0 radical (unpaired) electrons. The molecule has 0 spiro atoms. The predicted octanol–water partition coefficient (Wildman–Crippen LogP) is 3.29. The predicted molar refractivity (Wildman–Crippen MR) is 71.7 cm³/mol. The summed E-state index contributed by atoms with van der Waals surface area (Å²) in [6.45, 7) is 4.30. The van der Waals surface area contributed by atoms with Crippen molar-refractivity contribution < 1.29 is 4.79 Å². The smallest absolute Gasteiger partial charge is 0.220 e. The lowest BCUT2D eigenvalue weighted by Crippen LogP contribution is -2.33. The molecule has 0 N–H and O–H groups in total. The van der Waals surface area contributed by atoms with Crippen molar-refractivity contribution in [3.63, 3.8) is 0 Å². The molecule has 0 bridgehead atoms. The van der Waals surface area contributed by atoms with Gasteiger partial charge in [-0.25, -0.2) is 0 Å². The van der Waals surface area contributed by atoms with Gasteiger partial charge < -0.3 is 4.90 Å². The lowest BCUT2D eigenvalue weighted by atomic mass is 10.1. The highest BCUT2D eigenvalue weighted by molar-refractivity contribution is 5.74. The van der Waals surface area contributed by atoms with Crippen LogP contribution in [-0.2, 0) is 4.79 Å². The molecule has 1 aromatic rings. The summed E-state index contributed by atoms with van der Waals surface area (Å²) < 4.78 is 0. The minimum Gasteiger partial charge on any atom is -0.323 e. The highest BCUT2D eigenvalue weighted by atomic mass is 16.2. The van der Waals surface area contributed by atoms with Crippen molar-refractivity contribution in [3.05, 3.63) is 35.9 Å². The van der Waals surface area contributed by atoms with Crippen LogP contribution >= 0.6 is 0 Å². The summed E-state index contributed by atoms with van der Waals surface area (Å²) >= 11 is 0. The number of unbranched alkanes of at least 4 members (excludes halogenated alkanes) is 2. The number of hydrogen-bond acceptors (Lipinski definition) is 2. The fourth-order valence-corrected chi connectivity index (χ4v) is 1.96. The van der Waals surface area contributed by atoms with E-state index in [9.17, 15) is 10.1 Å². The molecule has 0 fully saturated rings. The van der Waals surface area contributed by atoms with E-state index in [2.05, 4.69) is 13.0 Å². The van der Waals surface area contributed by atoms with Gasteiger partial charge in [-0.15, -0.1) is 0 Å². The lowest BCUT2D eigenvalue weighted by molar-refractivity contribution is -0.130. The molecule has 3 nitrogen and oxygen atoms in total. The number of carbonyl (C=O) groups excluding carboxylic acids is 1. The molecule has 0 heterocycles. The van der Waals surface area contributed by atoms with Crippen LogP contribution in [0.25, 0.3) is 0 Å². The van der Waals surface area contributed by atoms with Gasteiger partial charge in [0.1, 0.15) is 6.04 Å². The van der Waals surface area contributed by atoms with E-state index in [0.29, 0.717) is 6.54 Å². The third-order valence-electron chi connectivity index (χ3n) is 2.96. The number of rotatable bonds is 6. The molecule has 0 aliphatic heterocycles. The summed E-state index contributed by atoms with van der Waals surface area (Å²) in [5, 5.41) is 9.31. The fourth-order valence-electron chi connectivity index (χ4n) is 1.96. The molecular weight excluding hydrogens is 224 g/mol. The molecule has 3 heteroatoms. The second-order valence-electron chi connectivity index (χ2n) is 4.36. The molecule has 0 aromatic heterocycles. The van der Waals surface area contributed by atoms with Gasteiger partial charge >= 0.3 is 0 Å². The van der Waals surface area contributed by atoms with E-state index in [1.807, 2.05) is 30.3 Å². The normalized spacial score (nSPS) is 11.6. The molecule has 1 atom stereocenters. The van der Waals surface area contributed by atoms with Gasteiger partial charge in [0.05, 0.1) is 6.07 Å². The zero-order chi connectivity index (χ0) is 13.4. The molecule has 1 rings (SSSR count). The number of benzene rings is 1. The van der Waals surface area contributed by atoms with Crippen LogP contribution in [0, 0.1) is 11.3 Å². The van der Waals surface area contributed by atoms with Gasteiger partial charge in [0.25, 0.3) is 0 Å². The summed E-state index contributed by atoms with van der Waals surface area (Å²) in [6.07, 6.45) is 3.13. The molecule has 0 saturated carbocycles. The fraction of sp³-hybridized carbons (Fsp3) is 0.467. The summed E-state index contributed by atoms with van der Waals surface area (Å²) in [6, 6.07) is 11.2. The van der Waals surface area contributed by atoms with Crippen LogP contribution in [0.15, 0.2) is 30.3 Å². The lowest BCUT2D eigenvalue weighted by Gasteiger charge is -2.26. The number of nitrogens with zero attached hydrogens (tertiary/aromatic N) is 2. The first-order valence-electron chi connectivity index (χ1n) is 6.42. The monoisotopic (exact) mass is 244 g/mol. The van der Waals surface area contributed by atoms with Gasteiger partial charge in [-0.05, 0) is 12.0 Å². The maximum absolute atomic E-state index is 11.7. The quantitative estimate of drug-likeness (QED) is 0.721. The Balaban J connectivity index is 2.82. The Labute approximate surface area is 109 Å². The average Bonchev–Trinajstić information content (AvgIpc) is 2.39. The second-order valence-corrected chi connectivity index (χ2v) is 4.36. The Morgan fingerprint density at radius 3 is 2.50 bits per heavy atom. The molecule has 0 aliphatic rings. The Bertz CT molecular complexity index is 408. The topological polar surface area (TPSA) is 44.1 Å². The molecule has 0 aliphatic carbocycles. The van der Waals surface area contributed by atoms with Crippen molar-refractivity contribution in [2.24, 2.45) is 0 Å². The van der Waals surface area contributed by atoms with E-state index in [1.165, 1.54) is 6.92 Å². The summed E-state index contributed by atoms with van der Waals surface area (Å²) in [5.74, 6) is -0.0403. The average molecular weight is 244 g/mol. The maximum atomic E-state index is 11.7. The number of nitriles is 1. The van der Waals surface area contributed by atoms with Crippen LogP contribution in [0.1, 0.15) is 44.7 Å². The van der Waals surface area contributed by atoms with E-state index >= 15 is 0 Å². The van der Waals surface area contributed by atoms with Gasteiger partial charge in [0, 0.05) is 13.5 Å². The third-order valence-corrected chi connectivity index (χ3v) is 2.96. The Morgan fingerprint density at radius 1 is 1.33 bits per heavy atom. The summed E-state index contributed by atoms with van der Waals surface area (Å²) in [5.41, 5.74) is 0.881. The minimum absolute atomic E-state index is 0.0403. The number of amides is 1. The van der Waals surface area contributed by atoms with Gasteiger partial charge in [0.15, 0.2) is 0 Å². The summed E-state index contributed by atoms with van der Waals surface area (Å²) in [4.78, 5) is 13.3. The third kappa shape index (κ3) is 3.89. The van der Waals surface area contributed by atoms with Crippen LogP contribution in [0.4, 0.5) is 0 Å². The Hall–Kier alpha value is -1.82. The van der Waals surface area contributed by atoms with E-state index in [4.69, 9.17) is 0 Å². The van der Waals surface area contributed by atoms with E-state index < -0.39 is 6.04 Å². The zero-order valence-electron chi connectivity index (χ0n) is 11.1. The van der Waals surface area contributed by atoms with Crippen LogP contribution < -0.4 is 0 Å². The van der Waals surface area contributed by atoms with Gasteiger partial charge in [-0.2, -0.15) is 5.26 Å². The number of hydrogen-bond donors (Lipinski definition) is 0. The number of carbonyl (C=O) groups is 1. The van der Waals surface area contributed by atoms with E-state index in [1.54, 1.807) is 4.90 Å². The molecule has 1 unspecified atom stereocenters.